The lowest BCUT2D eigenvalue weighted by Gasteiger charge is -2.12. The van der Waals surface area contributed by atoms with Gasteiger partial charge in [0.15, 0.2) is 0 Å². The van der Waals surface area contributed by atoms with Crippen LogP contribution in [0, 0.1) is 5.82 Å². The Balaban J connectivity index is 0.00000162. The molecule has 18 heavy (non-hydrogen) atoms. The summed E-state index contributed by atoms with van der Waals surface area (Å²) in [6.45, 7) is 1.59. The number of hydrogen-bond donors (Lipinski definition) is 2. The number of nitrogens with one attached hydrogen (secondary N) is 2. The minimum atomic E-state index is -0.579. The first-order valence-electron chi connectivity index (χ1n) is 5.24. The summed E-state index contributed by atoms with van der Waals surface area (Å²) in [5, 5.41) is 6.21. The van der Waals surface area contributed by atoms with Gasteiger partial charge in [-0.3, -0.25) is 4.79 Å². The van der Waals surface area contributed by atoms with Crippen LogP contribution in [-0.4, -0.2) is 25.0 Å². The lowest BCUT2D eigenvalue weighted by atomic mass is 10.1. The van der Waals surface area contributed by atoms with E-state index in [-0.39, 0.29) is 24.0 Å². The van der Waals surface area contributed by atoms with Crippen LogP contribution in [0.15, 0.2) is 16.6 Å². The lowest BCUT2D eigenvalue weighted by molar-refractivity contribution is 0.0936. The fourth-order valence-corrected chi connectivity index (χ4v) is 2.22. The van der Waals surface area contributed by atoms with E-state index in [1.54, 1.807) is 0 Å². The number of rotatable bonds is 2. The van der Waals surface area contributed by atoms with Crippen molar-refractivity contribution in [2.24, 2.45) is 0 Å². The summed E-state index contributed by atoms with van der Waals surface area (Å²) in [5.41, 5.74) is -0.0231. The molecular formula is C11H12BrCl2FN2O. The summed E-state index contributed by atoms with van der Waals surface area (Å²) in [4.78, 5) is 11.8. The van der Waals surface area contributed by atoms with Crippen LogP contribution in [0.1, 0.15) is 16.8 Å². The predicted octanol–water partition coefficient (Wildman–Crippen LogP) is 2.76. The summed E-state index contributed by atoms with van der Waals surface area (Å²) in [5.74, 6) is -1.00. The van der Waals surface area contributed by atoms with Crippen molar-refractivity contribution in [1.29, 1.82) is 0 Å². The summed E-state index contributed by atoms with van der Waals surface area (Å²) in [6, 6.07) is 2.59. The highest BCUT2D eigenvalue weighted by molar-refractivity contribution is 9.10. The van der Waals surface area contributed by atoms with E-state index in [4.69, 9.17) is 11.6 Å². The van der Waals surface area contributed by atoms with Crippen LogP contribution in [0.3, 0.4) is 0 Å². The van der Waals surface area contributed by atoms with Gasteiger partial charge in [-0.25, -0.2) is 4.39 Å². The third kappa shape index (κ3) is 3.57. The van der Waals surface area contributed by atoms with Crippen LogP contribution < -0.4 is 10.6 Å². The second-order valence-electron chi connectivity index (χ2n) is 3.91. The molecule has 1 saturated heterocycles. The Morgan fingerprint density at radius 2 is 2.28 bits per heavy atom. The van der Waals surface area contributed by atoms with Crippen molar-refractivity contribution in [2.75, 3.05) is 13.1 Å². The van der Waals surface area contributed by atoms with Gasteiger partial charge in [0.05, 0.1) is 10.6 Å². The molecule has 0 aromatic heterocycles. The van der Waals surface area contributed by atoms with Crippen molar-refractivity contribution < 1.29 is 9.18 Å². The third-order valence-corrected chi connectivity index (χ3v) is 3.85. The molecule has 1 heterocycles. The molecule has 7 heteroatoms. The molecule has 1 atom stereocenters. The Labute approximate surface area is 124 Å². The van der Waals surface area contributed by atoms with E-state index < -0.39 is 11.7 Å². The molecule has 0 saturated carbocycles. The Morgan fingerprint density at radius 3 is 2.89 bits per heavy atom. The number of carbonyl (C=O) groups is 1. The van der Waals surface area contributed by atoms with E-state index >= 15 is 0 Å². The highest BCUT2D eigenvalue weighted by Crippen LogP contribution is 2.25. The van der Waals surface area contributed by atoms with Crippen LogP contribution in [-0.2, 0) is 0 Å². The molecule has 1 fully saturated rings. The summed E-state index contributed by atoms with van der Waals surface area (Å²) in [7, 11) is 0. The minimum absolute atomic E-state index is 0. The van der Waals surface area contributed by atoms with Crippen molar-refractivity contribution in [3.8, 4) is 0 Å². The fraction of sp³-hybridized carbons (Fsp3) is 0.364. The quantitative estimate of drug-likeness (QED) is 0.799. The SMILES string of the molecule is Cl.O=C(N[C@@H]1CCNC1)c1cc(Cl)c(Br)cc1F. The summed E-state index contributed by atoms with van der Waals surface area (Å²) < 4.78 is 14.0. The second kappa shape index (κ2) is 6.70. The van der Waals surface area contributed by atoms with Gasteiger partial charge in [-0.05, 0) is 41.0 Å². The zero-order valence-electron chi connectivity index (χ0n) is 9.30. The predicted molar refractivity (Wildman–Crippen MR) is 75.1 cm³/mol. The van der Waals surface area contributed by atoms with Crippen molar-refractivity contribution >= 4 is 45.8 Å². The van der Waals surface area contributed by atoms with E-state index in [0.29, 0.717) is 9.50 Å². The Bertz CT molecular complexity index is 453. The molecule has 3 nitrogen and oxygen atoms in total. The average Bonchev–Trinajstić information content (AvgIpc) is 2.76. The molecule has 0 spiro atoms. The second-order valence-corrected chi connectivity index (χ2v) is 5.17. The number of carbonyl (C=O) groups excluding carboxylic acids is 1. The monoisotopic (exact) mass is 356 g/mol. The van der Waals surface area contributed by atoms with Crippen LogP contribution in [0.4, 0.5) is 4.39 Å². The number of halogens is 4. The summed E-state index contributed by atoms with van der Waals surface area (Å²) in [6.07, 6.45) is 0.859. The molecule has 2 rings (SSSR count). The molecule has 100 valence electrons. The van der Waals surface area contributed by atoms with Gasteiger partial charge >= 0.3 is 0 Å². The van der Waals surface area contributed by atoms with Gasteiger partial charge in [-0.1, -0.05) is 11.6 Å². The van der Waals surface area contributed by atoms with Gasteiger partial charge in [-0.15, -0.1) is 12.4 Å². The van der Waals surface area contributed by atoms with Crippen molar-refractivity contribution in [1.82, 2.24) is 10.6 Å². The first kappa shape index (κ1) is 15.7. The van der Waals surface area contributed by atoms with Gasteiger partial charge in [0, 0.05) is 17.1 Å². The normalized spacial score (nSPS) is 18.3. The maximum absolute atomic E-state index is 13.6. The van der Waals surface area contributed by atoms with Gasteiger partial charge in [-0.2, -0.15) is 0 Å². The van der Waals surface area contributed by atoms with Gasteiger partial charge in [0.25, 0.3) is 5.91 Å². The van der Waals surface area contributed by atoms with Gasteiger partial charge in [0.2, 0.25) is 0 Å². The molecule has 1 aliphatic rings. The molecule has 0 aliphatic carbocycles. The molecule has 2 N–H and O–H groups in total. The van der Waals surface area contributed by atoms with Gasteiger partial charge < -0.3 is 10.6 Å². The average molecular weight is 358 g/mol. The van der Waals surface area contributed by atoms with Crippen molar-refractivity contribution in [2.45, 2.75) is 12.5 Å². The highest BCUT2D eigenvalue weighted by atomic mass is 79.9. The molecule has 1 aromatic rings. The van der Waals surface area contributed by atoms with E-state index in [9.17, 15) is 9.18 Å². The fourth-order valence-electron chi connectivity index (χ4n) is 1.74. The molecule has 0 unspecified atom stereocenters. The van der Waals surface area contributed by atoms with Crippen LogP contribution in [0.5, 0.6) is 0 Å². The molecule has 0 radical (unpaired) electrons. The van der Waals surface area contributed by atoms with E-state index in [2.05, 4.69) is 26.6 Å². The Kier molecular flexibility index (Phi) is 5.85. The Hall–Kier alpha value is -0.360. The van der Waals surface area contributed by atoms with Gasteiger partial charge in [0.1, 0.15) is 5.82 Å². The van der Waals surface area contributed by atoms with Crippen LogP contribution >= 0.6 is 39.9 Å². The first-order chi connectivity index (χ1) is 8.08. The van der Waals surface area contributed by atoms with E-state index in [1.165, 1.54) is 12.1 Å². The third-order valence-electron chi connectivity index (χ3n) is 2.65. The number of benzene rings is 1. The lowest BCUT2D eigenvalue weighted by Crippen LogP contribution is -2.36. The van der Waals surface area contributed by atoms with Crippen molar-refractivity contribution in [3.05, 3.63) is 33.0 Å². The largest absolute Gasteiger partial charge is 0.348 e. The maximum atomic E-state index is 13.6. The zero-order chi connectivity index (χ0) is 12.4. The van der Waals surface area contributed by atoms with Crippen LogP contribution in [0.25, 0.3) is 0 Å². The van der Waals surface area contributed by atoms with E-state index in [1.807, 2.05) is 0 Å². The smallest absolute Gasteiger partial charge is 0.254 e. The van der Waals surface area contributed by atoms with Crippen molar-refractivity contribution in [3.63, 3.8) is 0 Å². The zero-order valence-corrected chi connectivity index (χ0v) is 12.5. The van der Waals surface area contributed by atoms with Crippen LogP contribution in [0.2, 0.25) is 5.02 Å². The molecular weight excluding hydrogens is 346 g/mol. The number of amides is 1. The topological polar surface area (TPSA) is 41.1 Å². The maximum Gasteiger partial charge on any atom is 0.254 e. The Morgan fingerprint density at radius 1 is 1.56 bits per heavy atom. The molecule has 0 bridgehead atoms. The molecule has 1 aromatic carbocycles. The first-order valence-corrected chi connectivity index (χ1v) is 6.41. The minimum Gasteiger partial charge on any atom is -0.348 e. The van der Waals surface area contributed by atoms with E-state index in [0.717, 1.165) is 19.5 Å². The number of hydrogen-bond acceptors (Lipinski definition) is 2. The summed E-state index contributed by atoms with van der Waals surface area (Å²) >= 11 is 8.94. The standard InChI is InChI=1S/C11H11BrClFN2O.ClH/c12-8-4-10(14)7(3-9(8)13)11(17)16-6-1-2-15-5-6;/h3-4,6,15H,1-2,5H2,(H,16,17);1H/t6-;/m1./s1. The highest BCUT2D eigenvalue weighted by Gasteiger charge is 2.20. The molecule has 1 aliphatic heterocycles. The molecule has 1 amide bonds.